The van der Waals surface area contributed by atoms with Crippen LogP contribution in [0.1, 0.15) is 11.1 Å². The molecular weight excluding hydrogens is 265 g/mol. The van der Waals surface area contributed by atoms with Crippen molar-refractivity contribution in [1.82, 2.24) is 0 Å². The average Bonchev–Trinajstić information content (AvgIpc) is 2.36. The molecule has 0 aromatic heterocycles. The van der Waals surface area contributed by atoms with E-state index < -0.39 is 35.9 Å². The number of anilines is 1. The molecule has 1 unspecified atom stereocenters. The summed E-state index contributed by atoms with van der Waals surface area (Å²) in [5.41, 5.74) is -2.00. The number of carbonyl (C=O) groups excluding carboxylic acids is 1. The van der Waals surface area contributed by atoms with Crippen LogP contribution in [0.5, 0.6) is 0 Å². The second kappa shape index (κ2) is 5.69. The summed E-state index contributed by atoms with van der Waals surface area (Å²) >= 11 is 0. The standard InChI is InChI=1S/C11H9F3N2O3/c12-11(13,14)8-3-7(2-1-6(8)4-15)16-10(19)9(18)5-17/h1-3,9,17-18H,5H2,(H,16,19). The number of nitrogens with zero attached hydrogens (tertiary/aromatic N) is 1. The van der Waals surface area contributed by atoms with E-state index in [1.165, 1.54) is 6.07 Å². The zero-order chi connectivity index (χ0) is 14.6. The van der Waals surface area contributed by atoms with Crippen molar-refractivity contribution in [2.24, 2.45) is 0 Å². The zero-order valence-electron chi connectivity index (χ0n) is 9.40. The second-order valence-electron chi connectivity index (χ2n) is 3.56. The van der Waals surface area contributed by atoms with Crippen LogP contribution in [-0.4, -0.2) is 28.8 Å². The highest BCUT2D eigenvalue weighted by molar-refractivity contribution is 5.94. The molecule has 0 bridgehead atoms. The minimum atomic E-state index is -4.73. The molecule has 102 valence electrons. The fraction of sp³-hybridized carbons (Fsp3) is 0.273. The van der Waals surface area contributed by atoms with Crippen LogP contribution in [0.3, 0.4) is 0 Å². The third kappa shape index (κ3) is 3.67. The number of halogens is 3. The SMILES string of the molecule is N#Cc1ccc(NC(=O)C(O)CO)cc1C(F)(F)F. The lowest BCUT2D eigenvalue weighted by atomic mass is 10.1. The van der Waals surface area contributed by atoms with Crippen LogP contribution in [0.2, 0.25) is 0 Å². The molecule has 1 aromatic rings. The normalized spacial score (nSPS) is 12.6. The van der Waals surface area contributed by atoms with Crippen molar-refractivity contribution in [3.05, 3.63) is 29.3 Å². The van der Waals surface area contributed by atoms with Crippen LogP contribution in [0.15, 0.2) is 18.2 Å². The molecule has 0 fully saturated rings. The number of nitriles is 1. The maximum absolute atomic E-state index is 12.6. The van der Waals surface area contributed by atoms with Crippen LogP contribution in [0.25, 0.3) is 0 Å². The van der Waals surface area contributed by atoms with Crippen molar-refractivity contribution in [3.8, 4) is 6.07 Å². The first-order valence-electron chi connectivity index (χ1n) is 5.00. The Balaban J connectivity index is 3.07. The van der Waals surface area contributed by atoms with E-state index in [2.05, 4.69) is 0 Å². The Hall–Kier alpha value is -2.11. The molecule has 8 heteroatoms. The molecule has 5 nitrogen and oxygen atoms in total. The smallest absolute Gasteiger partial charge is 0.393 e. The maximum atomic E-state index is 12.6. The molecule has 0 saturated heterocycles. The zero-order valence-corrected chi connectivity index (χ0v) is 9.40. The number of amides is 1. The monoisotopic (exact) mass is 274 g/mol. The van der Waals surface area contributed by atoms with Gasteiger partial charge in [-0.25, -0.2) is 0 Å². The number of carbonyl (C=O) groups is 1. The van der Waals surface area contributed by atoms with Crippen LogP contribution in [0.4, 0.5) is 18.9 Å². The molecule has 1 atom stereocenters. The van der Waals surface area contributed by atoms with Gasteiger partial charge in [0.2, 0.25) is 0 Å². The van der Waals surface area contributed by atoms with Gasteiger partial charge in [-0.2, -0.15) is 18.4 Å². The first-order chi connectivity index (χ1) is 8.79. The second-order valence-corrected chi connectivity index (χ2v) is 3.56. The molecule has 1 rings (SSSR count). The van der Waals surface area contributed by atoms with Gasteiger partial charge in [0, 0.05) is 5.69 Å². The van der Waals surface area contributed by atoms with E-state index >= 15 is 0 Å². The van der Waals surface area contributed by atoms with Gasteiger partial charge in [-0.05, 0) is 18.2 Å². The quantitative estimate of drug-likeness (QED) is 0.762. The van der Waals surface area contributed by atoms with Gasteiger partial charge >= 0.3 is 6.18 Å². The summed E-state index contributed by atoms with van der Waals surface area (Å²) in [5.74, 6) is -1.04. The Bertz CT molecular complexity index is 523. The number of aliphatic hydroxyl groups is 2. The maximum Gasteiger partial charge on any atom is 0.417 e. The molecular formula is C11H9F3N2O3. The Morgan fingerprint density at radius 2 is 2.11 bits per heavy atom. The summed E-state index contributed by atoms with van der Waals surface area (Å²) in [6.07, 6.45) is -6.47. The molecule has 0 heterocycles. The fourth-order valence-electron chi connectivity index (χ4n) is 1.26. The summed E-state index contributed by atoms with van der Waals surface area (Å²) in [6.45, 7) is -0.853. The molecule has 19 heavy (non-hydrogen) atoms. The van der Waals surface area contributed by atoms with Crippen molar-refractivity contribution in [2.45, 2.75) is 12.3 Å². The first-order valence-corrected chi connectivity index (χ1v) is 5.00. The van der Waals surface area contributed by atoms with Crippen LogP contribution in [-0.2, 0) is 11.0 Å². The lowest BCUT2D eigenvalue weighted by molar-refractivity contribution is -0.137. The molecule has 0 aliphatic heterocycles. The molecule has 3 N–H and O–H groups in total. The van der Waals surface area contributed by atoms with Gasteiger partial charge in [-0.15, -0.1) is 0 Å². The molecule has 0 spiro atoms. The van der Waals surface area contributed by atoms with E-state index in [1.54, 1.807) is 0 Å². The molecule has 0 aliphatic rings. The number of hydrogen-bond donors (Lipinski definition) is 3. The average molecular weight is 274 g/mol. The fourth-order valence-corrected chi connectivity index (χ4v) is 1.26. The van der Waals surface area contributed by atoms with Crippen LogP contribution in [0, 0.1) is 11.3 Å². The topological polar surface area (TPSA) is 93.4 Å². The summed E-state index contributed by atoms with van der Waals surface area (Å²) in [5, 5.41) is 28.1. The van der Waals surface area contributed by atoms with Crippen molar-refractivity contribution in [2.75, 3.05) is 11.9 Å². The van der Waals surface area contributed by atoms with E-state index in [9.17, 15) is 18.0 Å². The molecule has 0 radical (unpaired) electrons. The van der Waals surface area contributed by atoms with Gasteiger partial charge in [0.05, 0.1) is 23.8 Å². The summed E-state index contributed by atoms with van der Waals surface area (Å²) < 4.78 is 37.9. The molecule has 0 saturated carbocycles. The van der Waals surface area contributed by atoms with Gasteiger partial charge in [-0.3, -0.25) is 4.79 Å². The largest absolute Gasteiger partial charge is 0.417 e. The summed E-state index contributed by atoms with van der Waals surface area (Å²) in [4.78, 5) is 11.2. The Kier molecular flexibility index (Phi) is 4.47. The van der Waals surface area contributed by atoms with E-state index in [-0.39, 0.29) is 5.69 Å². The number of aliphatic hydroxyl groups excluding tert-OH is 2. The predicted octanol–water partition coefficient (Wildman–Crippen LogP) is 0.869. The minimum absolute atomic E-state index is 0.233. The van der Waals surface area contributed by atoms with Crippen molar-refractivity contribution >= 4 is 11.6 Å². The molecule has 1 aromatic carbocycles. The number of benzene rings is 1. The highest BCUT2D eigenvalue weighted by Crippen LogP contribution is 2.33. The van der Waals surface area contributed by atoms with E-state index in [0.29, 0.717) is 6.07 Å². The highest BCUT2D eigenvalue weighted by Gasteiger charge is 2.34. The van der Waals surface area contributed by atoms with Gasteiger partial charge < -0.3 is 15.5 Å². The summed E-state index contributed by atoms with van der Waals surface area (Å²) in [7, 11) is 0. The Morgan fingerprint density at radius 3 is 2.58 bits per heavy atom. The van der Waals surface area contributed by atoms with Crippen LogP contribution >= 0.6 is 0 Å². The molecule has 0 aliphatic carbocycles. The van der Waals surface area contributed by atoms with Gasteiger partial charge in [0.15, 0.2) is 6.10 Å². The van der Waals surface area contributed by atoms with Gasteiger partial charge in [0.25, 0.3) is 5.91 Å². The predicted molar refractivity (Wildman–Crippen MR) is 57.9 cm³/mol. The number of alkyl halides is 3. The minimum Gasteiger partial charge on any atom is -0.393 e. The van der Waals surface area contributed by atoms with Gasteiger partial charge in [0.1, 0.15) is 0 Å². The highest BCUT2D eigenvalue weighted by atomic mass is 19.4. The number of rotatable bonds is 3. The third-order valence-corrected chi connectivity index (χ3v) is 2.19. The lowest BCUT2D eigenvalue weighted by Gasteiger charge is -2.12. The Labute approximate surface area is 105 Å². The summed E-state index contributed by atoms with van der Waals surface area (Å²) in [6, 6.07) is 3.98. The lowest BCUT2D eigenvalue weighted by Crippen LogP contribution is -2.30. The van der Waals surface area contributed by atoms with E-state index in [4.69, 9.17) is 15.5 Å². The first kappa shape index (κ1) is 14.9. The number of hydrogen-bond acceptors (Lipinski definition) is 4. The van der Waals surface area contributed by atoms with E-state index in [1.807, 2.05) is 5.32 Å². The van der Waals surface area contributed by atoms with E-state index in [0.717, 1.165) is 12.1 Å². The Morgan fingerprint density at radius 1 is 1.47 bits per heavy atom. The third-order valence-electron chi connectivity index (χ3n) is 2.19. The van der Waals surface area contributed by atoms with Gasteiger partial charge in [-0.1, -0.05) is 0 Å². The molecule has 1 amide bonds. The van der Waals surface area contributed by atoms with Crippen molar-refractivity contribution in [1.29, 1.82) is 5.26 Å². The van der Waals surface area contributed by atoms with Crippen molar-refractivity contribution in [3.63, 3.8) is 0 Å². The number of nitrogens with one attached hydrogen (secondary N) is 1. The van der Waals surface area contributed by atoms with Crippen LogP contribution < -0.4 is 5.32 Å². The van der Waals surface area contributed by atoms with Crippen molar-refractivity contribution < 1.29 is 28.2 Å².